The Kier molecular flexibility index (Phi) is 4.16. The summed E-state index contributed by atoms with van der Waals surface area (Å²) in [6, 6.07) is 0.945. The molecule has 0 fully saturated rings. The minimum atomic E-state index is -0.689. The van der Waals surface area contributed by atoms with Gasteiger partial charge >= 0.3 is 6.09 Å². The van der Waals surface area contributed by atoms with E-state index in [2.05, 4.69) is 5.32 Å². The molecule has 1 atom stereocenters. The van der Waals surface area contributed by atoms with Crippen molar-refractivity contribution in [3.8, 4) is 0 Å². The molecule has 0 aromatic carbocycles. The van der Waals surface area contributed by atoms with E-state index in [0.29, 0.717) is 0 Å². The van der Waals surface area contributed by atoms with Crippen molar-refractivity contribution in [1.82, 2.24) is 5.32 Å². The van der Waals surface area contributed by atoms with Gasteiger partial charge in [-0.3, -0.25) is 4.79 Å². The van der Waals surface area contributed by atoms with Crippen molar-refractivity contribution in [2.45, 2.75) is 46.3 Å². The largest absolute Gasteiger partial charge is 0.461 e. The van der Waals surface area contributed by atoms with Crippen LogP contribution in [0.3, 0.4) is 0 Å². The third kappa shape index (κ3) is 4.24. The van der Waals surface area contributed by atoms with Crippen LogP contribution >= 0.6 is 0 Å². The van der Waals surface area contributed by atoms with E-state index < -0.39 is 17.7 Å². The minimum absolute atomic E-state index is 0.232. The molecule has 1 aromatic heterocycles. The number of aryl methyl sites for hydroxylation is 1. The number of carbonyl (C=O) groups is 2. The van der Waals surface area contributed by atoms with Gasteiger partial charge in [-0.1, -0.05) is 0 Å². The van der Waals surface area contributed by atoms with E-state index in [0.717, 1.165) is 5.56 Å². The van der Waals surface area contributed by atoms with Crippen molar-refractivity contribution in [3.05, 3.63) is 23.7 Å². The Labute approximate surface area is 106 Å². The van der Waals surface area contributed by atoms with Gasteiger partial charge in [-0.05, 0) is 46.2 Å². The number of hydrogen-bond donors (Lipinski definition) is 1. The molecule has 5 heteroatoms. The van der Waals surface area contributed by atoms with Crippen LogP contribution < -0.4 is 5.32 Å². The SMILES string of the molecule is Cc1coc(C(=O)C(C)NC(=O)OC(C)(C)C)c1. The lowest BCUT2D eigenvalue weighted by molar-refractivity contribution is 0.0494. The summed E-state index contributed by atoms with van der Waals surface area (Å²) in [5.74, 6) is -0.0509. The Morgan fingerprint density at radius 3 is 2.44 bits per heavy atom. The van der Waals surface area contributed by atoms with Gasteiger partial charge in [0.1, 0.15) is 5.60 Å². The van der Waals surface area contributed by atoms with Crippen molar-refractivity contribution in [2.24, 2.45) is 0 Å². The van der Waals surface area contributed by atoms with Gasteiger partial charge in [0, 0.05) is 0 Å². The molecule has 0 bridgehead atoms. The number of nitrogens with one attached hydrogen (secondary N) is 1. The molecule has 1 aromatic rings. The maximum atomic E-state index is 11.9. The van der Waals surface area contributed by atoms with Crippen LogP contribution in [0.5, 0.6) is 0 Å². The molecule has 1 amide bonds. The molecule has 0 aliphatic carbocycles. The van der Waals surface area contributed by atoms with Gasteiger partial charge in [0.15, 0.2) is 5.76 Å². The van der Waals surface area contributed by atoms with E-state index in [4.69, 9.17) is 9.15 Å². The van der Waals surface area contributed by atoms with Gasteiger partial charge in [0.25, 0.3) is 0 Å². The molecule has 1 N–H and O–H groups in total. The van der Waals surface area contributed by atoms with Crippen LogP contribution in [-0.4, -0.2) is 23.5 Å². The first-order chi connectivity index (χ1) is 8.19. The highest BCUT2D eigenvalue weighted by Crippen LogP contribution is 2.10. The van der Waals surface area contributed by atoms with Crippen molar-refractivity contribution in [2.75, 3.05) is 0 Å². The summed E-state index contributed by atoms with van der Waals surface area (Å²) >= 11 is 0. The quantitative estimate of drug-likeness (QED) is 0.841. The molecule has 0 saturated heterocycles. The van der Waals surface area contributed by atoms with Gasteiger partial charge < -0.3 is 14.5 Å². The molecule has 0 aliphatic heterocycles. The molecule has 1 heterocycles. The number of furan rings is 1. The fourth-order valence-corrected chi connectivity index (χ4v) is 1.32. The van der Waals surface area contributed by atoms with Gasteiger partial charge in [-0.2, -0.15) is 0 Å². The van der Waals surface area contributed by atoms with Crippen molar-refractivity contribution in [1.29, 1.82) is 0 Å². The normalized spacial score (nSPS) is 12.9. The molecular weight excluding hydrogens is 234 g/mol. The van der Waals surface area contributed by atoms with Crippen molar-refractivity contribution in [3.63, 3.8) is 0 Å². The number of carbonyl (C=O) groups excluding carboxylic acids is 2. The Balaban J connectivity index is 2.58. The first-order valence-electron chi connectivity index (χ1n) is 5.78. The number of ketones is 1. The number of ether oxygens (including phenoxy) is 1. The standard InChI is InChI=1S/C13H19NO4/c1-8-6-10(17-7-8)11(15)9(2)14-12(16)18-13(3,4)5/h6-7,9H,1-5H3,(H,14,16). The van der Waals surface area contributed by atoms with Gasteiger partial charge in [0.2, 0.25) is 5.78 Å². The summed E-state index contributed by atoms with van der Waals surface area (Å²) in [6.07, 6.45) is 0.875. The highest BCUT2D eigenvalue weighted by atomic mass is 16.6. The first kappa shape index (κ1) is 14.3. The summed E-state index contributed by atoms with van der Waals surface area (Å²) in [4.78, 5) is 23.4. The smallest absolute Gasteiger partial charge is 0.408 e. The molecule has 1 unspecified atom stereocenters. The van der Waals surface area contributed by atoms with Crippen molar-refractivity contribution < 1.29 is 18.7 Å². The number of hydrogen-bond acceptors (Lipinski definition) is 4. The highest BCUT2D eigenvalue weighted by Gasteiger charge is 2.23. The van der Waals surface area contributed by atoms with E-state index in [1.54, 1.807) is 33.8 Å². The summed E-state index contributed by atoms with van der Waals surface area (Å²) in [7, 11) is 0. The Hall–Kier alpha value is -1.78. The first-order valence-corrected chi connectivity index (χ1v) is 5.78. The van der Waals surface area contributed by atoms with Crippen LogP contribution in [0.2, 0.25) is 0 Å². The summed E-state index contributed by atoms with van der Waals surface area (Å²) in [5.41, 5.74) is 0.275. The maximum Gasteiger partial charge on any atom is 0.408 e. The van der Waals surface area contributed by atoms with E-state index >= 15 is 0 Å². The summed E-state index contributed by atoms with van der Waals surface area (Å²) in [6.45, 7) is 8.69. The Morgan fingerprint density at radius 1 is 1.39 bits per heavy atom. The minimum Gasteiger partial charge on any atom is -0.461 e. The van der Waals surface area contributed by atoms with Crippen molar-refractivity contribution >= 4 is 11.9 Å². The monoisotopic (exact) mass is 253 g/mol. The second-order valence-corrected chi connectivity index (χ2v) is 5.22. The van der Waals surface area contributed by atoms with Crippen LogP contribution in [0.1, 0.15) is 43.8 Å². The topological polar surface area (TPSA) is 68.5 Å². The number of rotatable bonds is 3. The Bertz CT molecular complexity index is 442. The average Bonchev–Trinajstić information content (AvgIpc) is 2.60. The van der Waals surface area contributed by atoms with E-state index in [-0.39, 0.29) is 11.5 Å². The predicted molar refractivity (Wildman–Crippen MR) is 66.6 cm³/mol. The fraction of sp³-hybridized carbons (Fsp3) is 0.538. The third-order valence-corrected chi connectivity index (χ3v) is 2.10. The van der Waals surface area contributed by atoms with E-state index in [9.17, 15) is 9.59 Å². The molecule has 0 spiro atoms. The van der Waals surface area contributed by atoms with Gasteiger partial charge in [-0.15, -0.1) is 0 Å². The average molecular weight is 253 g/mol. The summed E-state index contributed by atoms with van der Waals surface area (Å²) in [5, 5.41) is 2.47. The molecule has 18 heavy (non-hydrogen) atoms. The molecule has 0 aliphatic rings. The van der Waals surface area contributed by atoms with Crippen LogP contribution in [0.15, 0.2) is 16.7 Å². The summed E-state index contributed by atoms with van der Waals surface area (Å²) < 4.78 is 10.2. The van der Waals surface area contributed by atoms with E-state index in [1.165, 1.54) is 6.26 Å². The number of amides is 1. The van der Waals surface area contributed by atoms with Crippen LogP contribution in [0, 0.1) is 6.92 Å². The predicted octanol–water partition coefficient (Wildman–Crippen LogP) is 2.68. The second-order valence-electron chi connectivity index (χ2n) is 5.22. The lowest BCUT2D eigenvalue weighted by Crippen LogP contribution is -2.41. The molecule has 5 nitrogen and oxygen atoms in total. The zero-order chi connectivity index (χ0) is 13.9. The van der Waals surface area contributed by atoms with Crippen LogP contribution in [-0.2, 0) is 4.74 Å². The highest BCUT2D eigenvalue weighted by molar-refractivity contribution is 5.99. The molecule has 100 valence electrons. The third-order valence-electron chi connectivity index (χ3n) is 2.10. The molecular formula is C13H19NO4. The fourth-order valence-electron chi connectivity index (χ4n) is 1.32. The van der Waals surface area contributed by atoms with Gasteiger partial charge in [-0.25, -0.2) is 4.79 Å². The second kappa shape index (κ2) is 5.25. The van der Waals surface area contributed by atoms with Crippen LogP contribution in [0.25, 0.3) is 0 Å². The molecule has 0 saturated carbocycles. The number of Topliss-reactive ketones (excluding diaryl/α,β-unsaturated/α-hetero) is 1. The molecule has 0 radical (unpaired) electrons. The lowest BCUT2D eigenvalue weighted by atomic mass is 10.1. The molecule has 1 rings (SSSR count). The van der Waals surface area contributed by atoms with Crippen LogP contribution in [0.4, 0.5) is 4.79 Å². The van der Waals surface area contributed by atoms with E-state index in [1.807, 2.05) is 6.92 Å². The van der Waals surface area contributed by atoms with Gasteiger partial charge in [0.05, 0.1) is 12.3 Å². The zero-order valence-corrected chi connectivity index (χ0v) is 11.4. The maximum absolute atomic E-state index is 11.9. The number of alkyl carbamates (subject to hydrolysis) is 1. The Morgan fingerprint density at radius 2 is 2.00 bits per heavy atom. The zero-order valence-electron chi connectivity index (χ0n) is 11.4. The lowest BCUT2D eigenvalue weighted by Gasteiger charge is -2.21.